The summed E-state index contributed by atoms with van der Waals surface area (Å²) in [4.78, 5) is 13.5. The molecule has 0 radical (unpaired) electrons. The number of rotatable bonds is 8. The highest BCUT2D eigenvalue weighted by atomic mass is 16.2. The molecule has 1 unspecified atom stereocenters. The number of hydrogen-bond donors (Lipinski definition) is 0. The summed E-state index contributed by atoms with van der Waals surface area (Å²) in [5, 5.41) is 0. The molecule has 0 N–H and O–H groups in total. The van der Waals surface area contributed by atoms with Crippen LogP contribution in [0.3, 0.4) is 0 Å². The van der Waals surface area contributed by atoms with Gasteiger partial charge in [0.25, 0.3) is 0 Å². The SMILES string of the molecule is C=CN(CCCC)C(=O)CCC(C)CC. The maximum absolute atomic E-state index is 11.8. The summed E-state index contributed by atoms with van der Waals surface area (Å²) in [6.07, 6.45) is 6.63. The molecule has 0 saturated heterocycles. The van der Waals surface area contributed by atoms with Crippen molar-refractivity contribution in [2.45, 2.75) is 52.9 Å². The molecule has 15 heavy (non-hydrogen) atoms. The van der Waals surface area contributed by atoms with Gasteiger partial charge >= 0.3 is 0 Å². The van der Waals surface area contributed by atoms with E-state index in [1.165, 1.54) is 0 Å². The molecule has 0 fully saturated rings. The monoisotopic (exact) mass is 211 g/mol. The van der Waals surface area contributed by atoms with Crippen LogP contribution in [-0.4, -0.2) is 17.4 Å². The van der Waals surface area contributed by atoms with Crippen LogP contribution in [0.1, 0.15) is 52.9 Å². The molecule has 0 spiro atoms. The highest BCUT2D eigenvalue weighted by Crippen LogP contribution is 2.11. The lowest BCUT2D eigenvalue weighted by Gasteiger charge is -2.18. The maximum Gasteiger partial charge on any atom is 0.226 e. The van der Waals surface area contributed by atoms with Crippen LogP contribution in [0.2, 0.25) is 0 Å². The molecular weight excluding hydrogens is 186 g/mol. The van der Waals surface area contributed by atoms with E-state index < -0.39 is 0 Å². The van der Waals surface area contributed by atoms with Crippen molar-refractivity contribution in [1.29, 1.82) is 0 Å². The number of carbonyl (C=O) groups is 1. The first kappa shape index (κ1) is 14.2. The van der Waals surface area contributed by atoms with Gasteiger partial charge in [0, 0.05) is 13.0 Å². The third-order valence-corrected chi connectivity index (χ3v) is 2.84. The number of amides is 1. The van der Waals surface area contributed by atoms with Gasteiger partial charge in [0.05, 0.1) is 0 Å². The van der Waals surface area contributed by atoms with E-state index in [1.54, 1.807) is 11.1 Å². The van der Waals surface area contributed by atoms with E-state index in [0.29, 0.717) is 12.3 Å². The summed E-state index contributed by atoms with van der Waals surface area (Å²) >= 11 is 0. The highest BCUT2D eigenvalue weighted by Gasteiger charge is 2.10. The Balaban J connectivity index is 3.88. The molecule has 2 nitrogen and oxygen atoms in total. The van der Waals surface area contributed by atoms with Gasteiger partial charge in [0.2, 0.25) is 5.91 Å². The van der Waals surface area contributed by atoms with Crippen LogP contribution in [0.5, 0.6) is 0 Å². The molecule has 0 bridgehead atoms. The Morgan fingerprint density at radius 2 is 2.13 bits per heavy atom. The molecule has 0 heterocycles. The van der Waals surface area contributed by atoms with Gasteiger partial charge in [-0.05, 0) is 25.0 Å². The third kappa shape index (κ3) is 6.32. The quantitative estimate of drug-likeness (QED) is 0.601. The fraction of sp³-hybridized carbons (Fsp3) is 0.769. The lowest BCUT2D eigenvalue weighted by Crippen LogP contribution is -2.26. The van der Waals surface area contributed by atoms with Crippen molar-refractivity contribution in [1.82, 2.24) is 4.90 Å². The van der Waals surface area contributed by atoms with E-state index in [1.807, 2.05) is 0 Å². The fourth-order valence-electron chi connectivity index (χ4n) is 1.36. The second-order valence-electron chi connectivity index (χ2n) is 4.18. The van der Waals surface area contributed by atoms with Crippen LogP contribution in [-0.2, 0) is 4.79 Å². The number of hydrogen-bond acceptors (Lipinski definition) is 1. The van der Waals surface area contributed by atoms with E-state index in [-0.39, 0.29) is 5.91 Å². The molecule has 0 aliphatic heterocycles. The van der Waals surface area contributed by atoms with Gasteiger partial charge in [-0.1, -0.05) is 40.2 Å². The molecule has 0 aliphatic carbocycles. The Morgan fingerprint density at radius 3 is 2.60 bits per heavy atom. The smallest absolute Gasteiger partial charge is 0.226 e. The van der Waals surface area contributed by atoms with E-state index in [9.17, 15) is 4.79 Å². The van der Waals surface area contributed by atoms with Gasteiger partial charge in [0.15, 0.2) is 0 Å². The van der Waals surface area contributed by atoms with Crippen LogP contribution in [0.25, 0.3) is 0 Å². The lowest BCUT2D eigenvalue weighted by molar-refractivity contribution is -0.129. The van der Waals surface area contributed by atoms with Crippen molar-refractivity contribution in [3.05, 3.63) is 12.8 Å². The zero-order valence-corrected chi connectivity index (χ0v) is 10.5. The minimum Gasteiger partial charge on any atom is -0.320 e. The summed E-state index contributed by atoms with van der Waals surface area (Å²) in [7, 11) is 0. The first-order chi connectivity index (χ1) is 7.15. The van der Waals surface area contributed by atoms with Crippen molar-refractivity contribution >= 4 is 5.91 Å². The first-order valence-electron chi connectivity index (χ1n) is 6.07. The highest BCUT2D eigenvalue weighted by molar-refractivity contribution is 5.77. The number of carbonyl (C=O) groups excluding carboxylic acids is 1. The summed E-state index contributed by atoms with van der Waals surface area (Å²) < 4.78 is 0. The molecule has 88 valence electrons. The molecule has 0 aliphatic rings. The van der Waals surface area contributed by atoms with Crippen molar-refractivity contribution in [2.75, 3.05) is 6.54 Å². The normalized spacial score (nSPS) is 12.2. The van der Waals surface area contributed by atoms with E-state index in [2.05, 4.69) is 27.4 Å². The van der Waals surface area contributed by atoms with Crippen LogP contribution >= 0.6 is 0 Å². The molecule has 2 heteroatoms. The predicted octanol–water partition coefficient (Wildman–Crippen LogP) is 3.58. The standard InChI is InChI=1S/C13H25NO/c1-5-8-11-14(7-3)13(15)10-9-12(4)6-2/h7,12H,3,5-6,8-11H2,1-2,4H3. The van der Waals surface area contributed by atoms with Crippen molar-refractivity contribution in [2.24, 2.45) is 5.92 Å². The molecule has 0 rings (SSSR count). The van der Waals surface area contributed by atoms with E-state index in [0.717, 1.165) is 32.2 Å². The summed E-state index contributed by atoms with van der Waals surface area (Å²) in [5.74, 6) is 0.866. The summed E-state index contributed by atoms with van der Waals surface area (Å²) in [5.41, 5.74) is 0. The molecule has 1 amide bonds. The third-order valence-electron chi connectivity index (χ3n) is 2.84. The Labute approximate surface area is 94.4 Å². The number of unbranched alkanes of at least 4 members (excludes halogenated alkanes) is 1. The Bertz CT molecular complexity index is 189. The van der Waals surface area contributed by atoms with Gasteiger partial charge in [-0.25, -0.2) is 0 Å². The average Bonchev–Trinajstić information content (AvgIpc) is 2.26. The minimum atomic E-state index is 0.221. The zero-order valence-electron chi connectivity index (χ0n) is 10.5. The Kier molecular flexibility index (Phi) is 8.06. The zero-order chi connectivity index (χ0) is 11.7. The van der Waals surface area contributed by atoms with Crippen LogP contribution in [0.15, 0.2) is 12.8 Å². The van der Waals surface area contributed by atoms with E-state index in [4.69, 9.17) is 0 Å². The maximum atomic E-state index is 11.8. The molecule has 0 saturated carbocycles. The van der Waals surface area contributed by atoms with Gasteiger partial charge in [0.1, 0.15) is 0 Å². The van der Waals surface area contributed by atoms with Gasteiger partial charge in [-0.2, -0.15) is 0 Å². The Hall–Kier alpha value is -0.790. The lowest BCUT2D eigenvalue weighted by atomic mass is 10.0. The molecule has 0 aromatic carbocycles. The molecular formula is C13H25NO. The van der Waals surface area contributed by atoms with Gasteiger partial charge in [-0.3, -0.25) is 4.79 Å². The van der Waals surface area contributed by atoms with Gasteiger partial charge < -0.3 is 4.90 Å². The van der Waals surface area contributed by atoms with Crippen LogP contribution in [0, 0.1) is 5.92 Å². The second kappa shape index (κ2) is 8.51. The van der Waals surface area contributed by atoms with Crippen LogP contribution in [0.4, 0.5) is 0 Å². The molecule has 0 aromatic rings. The predicted molar refractivity (Wildman–Crippen MR) is 65.5 cm³/mol. The van der Waals surface area contributed by atoms with Crippen molar-refractivity contribution < 1.29 is 4.79 Å². The fourth-order valence-corrected chi connectivity index (χ4v) is 1.36. The average molecular weight is 211 g/mol. The minimum absolute atomic E-state index is 0.221. The number of nitrogens with zero attached hydrogens (tertiary/aromatic N) is 1. The molecule has 1 atom stereocenters. The van der Waals surface area contributed by atoms with Gasteiger partial charge in [-0.15, -0.1) is 0 Å². The molecule has 0 aromatic heterocycles. The second-order valence-corrected chi connectivity index (χ2v) is 4.18. The Morgan fingerprint density at radius 1 is 1.47 bits per heavy atom. The van der Waals surface area contributed by atoms with Crippen molar-refractivity contribution in [3.63, 3.8) is 0 Å². The largest absolute Gasteiger partial charge is 0.320 e. The summed E-state index contributed by atoms with van der Waals surface area (Å²) in [6, 6.07) is 0. The van der Waals surface area contributed by atoms with Crippen molar-refractivity contribution in [3.8, 4) is 0 Å². The first-order valence-corrected chi connectivity index (χ1v) is 6.07. The topological polar surface area (TPSA) is 20.3 Å². The summed E-state index contributed by atoms with van der Waals surface area (Å²) in [6.45, 7) is 11.0. The van der Waals surface area contributed by atoms with E-state index >= 15 is 0 Å². The van der Waals surface area contributed by atoms with Crippen LogP contribution < -0.4 is 0 Å².